The quantitative estimate of drug-likeness (QED) is 0.593. The standard InChI is InChI=1S/C13H12ClNO/c1-2-16-6-5-10-3-4-11-9-15-13(14)8-12(11)7-10/h3-9H,2H2,1H3/b6-5+. The molecule has 0 bridgehead atoms. The first kappa shape index (κ1) is 11.0. The molecular weight excluding hydrogens is 222 g/mol. The molecule has 2 rings (SSSR count). The second kappa shape index (κ2) is 4.99. The van der Waals surface area contributed by atoms with Gasteiger partial charge in [-0.3, -0.25) is 0 Å². The van der Waals surface area contributed by atoms with Crippen LogP contribution < -0.4 is 0 Å². The number of ether oxygens (including phenoxy) is 1. The summed E-state index contributed by atoms with van der Waals surface area (Å²) in [6.45, 7) is 2.63. The summed E-state index contributed by atoms with van der Waals surface area (Å²) in [4.78, 5) is 4.04. The van der Waals surface area contributed by atoms with Crippen molar-refractivity contribution in [2.75, 3.05) is 6.61 Å². The van der Waals surface area contributed by atoms with Gasteiger partial charge in [-0.1, -0.05) is 23.7 Å². The Labute approximate surface area is 99.5 Å². The second-order valence-electron chi connectivity index (χ2n) is 3.37. The van der Waals surface area contributed by atoms with E-state index in [0.29, 0.717) is 11.8 Å². The number of halogens is 1. The third-order valence-electron chi connectivity index (χ3n) is 2.24. The Balaban J connectivity index is 2.35. The van der Waals surface area contributed by atoms with E-state index in [2.05, 4.69) is 11.1 Å². The fraction of sp³-hybridized carbons (Fsp3) is 0.154. The number of rotatable bonds is 3. The van der Waals surface area contributed by atoms with Crippen molar-refractivity contribution in [2.45, 2.75) is 6.92 Å². The Morgan fingerprint density at radius 2 is 2.19 bits per heavy atom. The minimum atomic E-state index is 0.512. The monoisotopic (exact) mass is 233 g/mol. The van der Waals surface area contributed by atoms with Gasteiger partial charge in [-0.2, -0.15) is 0 Å². The maximum atomic E-state index is 5.84. The van der Waals surface area contributed by atoms with Gasteiger partial charge in [0.15, 0.2) is 0 Å². The van der Waals surface area contributed by atoms with Gasteiger partial charge in [0.2, 0.25) is 0 Å². The molecule has 0 fully saturated rings. The molecule has 1 aromatic carbocycles. The van der Waals surface area contributed by atoms with Crippen LogP contribution >= 0.6 is 11.6 Å². The molecule has 16 heavy (non-hydrogen) atoms. The average Bonchev–Trinajstić information content (AvgIpc) is 2.29. The van der Waals surface area contributed by atoms with E-state index in [9.17, 15) is 0 Å². The summed E-state index contributed by atoms with van der Waals surface area (Å²) in [7, 11) is 0. The summed E-state index contributed by atoms with van der Waals surface area (Å²) < 4.78 is 5.15. The van der Waals surface area contributed by atoms with Crippen LogP contribution in [0, 0.1) is 0 Å². The normalized spacial score (nSPS) is 11.1. The highest BCUT2D eigenvalue weighted by Gasteiger charge is 1.96. The molecule has 0 unspecified atom stereocenters. The third kappa shape index (κ3) is 2.52. The third-order valence-corrected chi connectivity index (χ3v) is 2.44. The summed E-state index contributed by atoms with van der Waals surface area (Å²) in [5, 5.41) is 2.68. The Kier molecular flexibility index (Phi) is 3.42. The van der Waals surface area contributed by atoms with Crippen molar-refractivity contribution < 1.29 is 4.74 Å². The summed E-state index contributed by atoms with van der Waals surface area (Å²) in [6, 6.07) is 7.95. The summed E-state index contributed by atoms with van der Waals surface area (Å²) in [5.41, 5.74) is 1.09. The molecule has 2 nitrogen and oxygen atoms in total. The molecule has 0 saturated carbocycles. The molecule has 0 N–H and O–H groups in total. The lowest BCUT2D eigenvalue weighted by atomic mass is 10.1. The van der Waals surface area contributed by atoms with Crippen molar-refractivity contribution in [2.24, 2.45) is 0 Å². The van der Waals surface area contributed by atoms with Gasteiger partial charge in [-0.25, -0.2) is 4.98 Å². The predicted octanol–water partition coefficient (Wildman–Crippen LogP) is 3.90. The van der Waals surface area contributed by atoms with Crippen LogP contribution in [0.3, 0.4) is 0 Å². The fourth-order valence-electron chi connectivity index (χ4n) is 1.46. The van der Waals surface area contributed by atoms with Gasteiger partial charge in [0.25, 0.3) is 0 Å². The van der Waals surface area contributed by atoms with Crippen molar-refractivity contribution in [1.29, 1.82) is 0 Å². The number of fused-ring (bicyclic) bond motifs is 1. The lowest BCUT2D eigenvalue weighted by Gasteiger charge is -2.00. The van der Waals surface area contributed by atoms with Crippen LogP contribution in [-0.2, 0) is 4.74 Å². The minimum Gasteiger partial charge on any atom is -0.501 e. The zero-order valence-corrected chi connectivity index (χ0v) is 9.74. The van der Waals surface area contributed by atoms with Crippen LogP contribution in [0.4, 0.5) is 0 Å². The first-order chi connectivity index (χ1) is 7.79. The van der Waals surface area contributed by atoms with Gasteiger partial charge in [-0.05, 0) is 36.1 Å². The summed E-state index contributed by atoms with van der Waals surface area (Å²) in [6.07, 6.45) is 5.40. The van der Waals surface area contributed by atoms with E-state index in [-0.39, 0.29) is 0 Å². The van der Waals surface area contributed by atoms with Crippen LogP contribution in [0.15, 0.2) is 36.7 Å². The van der Waals surface area contributed by atoms with E-state index in [1.54, 1.807) is 12.5 Å². The highest BCUT2D eigenvalue weighted by Crippen LogP contribution is 2.19. The number of pyridine rings is 1. The number of hydrogen-bond acceptors (Lipinski definition) is 2. The SMILES string of the molecule is CCO/C=C/c1ccc2cnc(Cl)cc2c1. The fourth-order valence-corrected chi connectivity index (χ4v) is 1.63. The summed E-state index contributed by atoms with van der Waals surface area (Å²) in [5.74, 6) is 0. The van der Waals surface area contributed by atoms with Crippen LogP contribution in [0.1, 0.15) is 12.5 Å². The molecule has 3 heteroatoms. The summed E-state index contributed by atoms with van der Waals surface area (Å²) >= 11 is 5.84. The highest BCUT2D eigenvalue weighted by atomic mass is 35.5. The molecule has 82 valence electrons. The van der Waals surface area contributed by atoms with Crippen molar-refractivity contribution in [3.05, 3.63) is 47.4 Å². The topological polar surface area (TPSA) is 22.1 Å². The minimum absolute atomic E-state index is 0.512. The second-order valence-corrected chi connectivity index (χ2v) is 3.76. The van der Waals surface area contributed by atoms with E-state index < -0.39 is 0 Å². The molecule has 2 aromatic rings. The smallest absolute Gasteiger partial charge is 0.129 e. The molecular formula is C13H12ClNO. The van der Waals surface area contributed by atoms with E-state index in [4.69, 9.17) is 16.3 Å². The van der Waals surface area contributed by atoms with Gasteiger partial charge in [0.1, 0.15) is 5.15 Å². The molecule has 0 atom stereocenters. The van der Waals surface area contributed by atoms with Crippen LogP contribution in [-0.4, -0.2) is 11.6 Å². The van der Waals surface area contributed by atoms with Crippen LogP contribution in [0.2, 0.25) is 5.15 Å². The molecule has 0 radical (unpaired) electrons. The van der Waals surface area contributed by atoms with Gasteiger partial charge in [0, 0.05) is 11.6 Å². The molecule has 0 aliphatic rings. The molecule has 1 heterocycles. The predicted molar refractivity (Wildman–Crippen MR) is 67.4 cm³/mol. The van der Waals surface area contributed by atoms with Crippen LogP contribution in [0.25, 0.3) is 16.8 Å². The van der Waals surface area contributed by atoms with E-state index in [0.717, 1.165) is 16.3 Å². The Morgan fingerprint density at radius 3 is 3.00 bits per heavy atom. The first-order valence-corrected chi connectivity index (χ1v) is 5.51. The number of hydrogen-bond donors (Lipinski definition) is 0. The molecule has 0 saturated heterocycles. The molecule has 0 aliphatic heterocycles. The number of nitrogens with zero attached hydrogens (tertiary/aromatic N) is 1. The van der Waals surface area contributed by atoms with Gasteiger partial charge in [0.05, 0.1) is 12.9 Å². The molecule has 0 amide bonds. The average molecular weight is 234 g/mol. The molecule has 1 aromatic heterocycles. The van der Waals surface area contributed by atoms with E-state index >= 15 is 0 Å². The zero-order valence-electron chi connectivity index (χ0n) is 8.98. The number of benzene rings is 1. The van der Waals surface area contributed by atoms with Gasteiger partial charge < -0.3 is 4.74 Å². The first-order valence-electron chi connectivity index (χ1n) is 5.13. The van der Waals surface area contributed by atoms with Gasteiger partial charge in [-0.15, -0.1) is 0 Å². The molecule has 0 aliphatic carbocycles. The molecule has 0 spiro atoms. The lowest BCUT2D eigenvalue weighted by molar-refractivity contribution is 0.272. The maximum absolute atomic E-state index is 5.84. The van der Waals surface area contributed by atoms with Crippen molar-refractivity contribution in [3.63, 3.8) is 0 Å². The van der Waals surface area contributed by atoms with E-state index in [1.165, 1.54) is 0 Å². The van der Waals surface area contributed by atoms with Crippen molar-refractivity contribution in [1.82, 2.24) is 4.98 Å². The Morgan fingerprint density at radius 1 is 1.31 bits per heavy atom. The highest BCUT2D eigenvalue weighted by molar-refractivity contribution is 6.30. The van der Waals surface area contributed by atoms with Crippen LogP contribution in [0.5, 0.6) is 0 Å². The zero-order chi connectivity index (χ0) is 11.4. The Bertz CT molecular complexity index is 522. The van der Waals surface area contributed by atoms with Crippen molar-refractivity contribution in [3.8, 4) is 0 Å². The Hall–Kier alpha value is -1.54. The maximum Gasteiger partial charge on any atom is 0.129 e. The number of aromatic nitrogens is 1. The largest absolute Gasteiger partial charge is 0.501 e. The van der Waals surface area contributed by atoms with E-state index in [1.807, 2.05) is 31.2 Å². The van der Waals surface area contributed by atoms with Crippen molar-refractivity contribution >= 4 is 28.4 Å². The lowest BCUT2D eigenvalue weighted by Crippen LogP contribution is -1.80. The van der Waals surface area contributed by atoms with Gasteiger partial charge >= 0.3 is 0 Å².